The minimum Gasteiger partial charge on any atom is -0.444 e. The van der Waals surface area contributed by atoms with E-state index in [9.17, 15) is 22.8 Å². The maximum absolute atomic E-state index is 13.4. The highest BCUT2D eigenvalue weighted by Crippen LogP contribution is 2.22. The van der Waals surface area contributed by atoms with Gasteiger partial charge in [0.2, 0.25) is 6.10 Å². The standard InChI is InChI=1S/C21H14F3NO3/c22-15-6-8-18(9-7-15)25-20(26)19(13-4-2-1-3-5-13)28-21(27)14-10-16(23)12-17(24)11-14/h1-12,19H,(H,25,26). The molecule has 1 N–H and O–H groups in total. The minimum absolute atomic E-state index is 0.292. The summed E-state index contributed by atoms with van der Waals surface area (Å²) >= 11 is 0. The molecule has 1 unspecified atom stereocenters. The highest BCUT2D eigenvalue weighted by Gasteiger charge is 2.26. The Hall–Kier alpha value is -3.61. The molecule has 142 valence electrons. The van der Waals surface area contributed by atoms with E-state index in [1.165, 1.54) is 12.1 Å². The SMILES string of the molecule is O=C(OC(C(=O)Nc1ccc(F)cc1)c1ccccc1)c1cc(F)cc(F)c1. The van der Waals surface area contributed by atoms with Gasteiger partial charge in [-0.3, -0.25) is 4.79 Å². The van der Waals surface area contributed by atoms with Crippen LogP contribution in [0.15, 0.2) is 72.8 Å². The first-order chi connectivity index (χ1) is 13.4. The van der Waals surface area contributed by atoms with E-state index in [1.54, 1.807) is 30.3 Å². The van der Waals surface area contributed by atoms with E-state index in [1.807, 2.05) is 0 Å². The Morgan fingerprint density at radius 3 is 2.00 bits per heavy atom. The van der Waals surface area contributed by atoms with Gasteiger partial charge in [-0.05, 0) is 36.4 Å². The molecule has 28 heavy (non-hydrogen) atoms. The van der Waals surface area contributed by atoms with Gasteiger partial charge in [-0.2, -0.15) is 0 Å². The summed E-state index contributed by atoms with van der Waals surface area (Å²) in [5.74, 6) is -4.14. The molecule has 0 saturated carbocycles. The Bertz CT molecular complexity index is 971. The number of anilines is 1. The van der Waals surface area contributed by atoms with Gasteiger partial charge in [0.15, 0.2) is 0 Å². The van der Waals surface area contributed by atoms with E-state index < -0.39 is 35.4 Å². The third kappa shape index (κ3) is 4.76. The monoisotopic (exact) mass is 385 g/mol. The second-order valence-electron chi connectivity index (χ2n) is 5.85. The Balaban J connectivity index is 1.85. The number of carbonyl (C=O) groups excluding carboxylic acids is 2. The van der Waals surface area contributed by atoms with Crippen molar-refractivity contribution in [2.45, 2.75) is 6.10 Å². The summed E-state index contributed by atoms with van der Waals surface area (Å²) in [6.45, 7) is 0. The van der Waals surface area contributed by atoms with Gasteiger partial charge in [-0.25, -0.2) is 18.0 Å². The normalized spacial score (nSPS) is 11.5. The second kappa shape index (κ2) is 8.39. The van der Waals surface area contributed by atoms with Crippen LogP contribution >= 0.6 is 0 Å². The molecule has 3 aromatic rings. The first-order valence-corrected chi connectivity index (χ1v) is 8.21. The summed E-state index contributed by atoms with van der Waals surface area (Å²) in [7, 11) is 0. The highest BCUT2D eigenvalue weighted by molar-refractivity contribution is 5.98. The molecule has 0 heterocycles. The van der Waals surface area contributed by atoms with E-state index in [0.717, 1.165) is 24.3 Å². The van der Waals surface area contributed by atoms with Gasteiger partial charge in [0.05, 0.1) is 5.56 Å². The Morgan fingerprint density at radius 1 is 0.786 bits per heavy atom. The van der Waals surface area contributed by atoms with Crippen LogP contribution in [0, 0.1) is 17.5 Å². The van der Waals surface area contributed by atoms with Gasteiger partial charge >= 0.3 is 5.97 Å². The maximum atomic E-state index is 13.4. The molecule has 0 saturated heterocycles. The van der Waals surface area contributed by atoms with Crippen molar-refractivity contribution in [3.8, 4) is 0 Å². The second-order valence-corrected chi connectivity index (χ2v) is 5.85. The average Bonchev–Trinajstić information content (AvgIpc) is 2.67. The van der Waals surface area contributed by atoms with E-state index >= 15 is 0 Å². The molecular formula is C21H14F3NO3. The number of rotatable bonds is 5. The highest BCUT2D eigenvalue weighted by atomic mass is 19.1. The molecule has 1 amide bonds. The third-order valence-electron chi connectivity index (χ3n) is 3.78. The van der Waals surface area contributed by atoms with E-state index in [-0.39, 0.29) is 5.56 Å². The van der Waals surface area contributed by atoms with Crippen LogP contribution in [0.4, 0.5) is 18.9 Å². The predicted octanol–water partition coefficient (Wildman–Crippen LogP) is 4.64. The maximum Gasteiger partial charge on any atom is 0.339 e. The molecule has 0 bridgehead atoms. The topological polar surface area (TPSA) is 55.4 Å². The lowest BCUT2D eigenvalue weighted by Crippen LogP contribution is -2.26. The van der Waals surface area contributed by atoms with Crippen molar-refractivity contribution in [1.29, 1.82) is 0 Å². The number of hydrogen-bond donors (Lipinski definition) is 1. The molecular weight excluding hydrogens is 371 g/mol. The molecule has 1 atom stereocenters. The van der Waals surface area contributed by atoms with E-state index in [0.29, 0.717) is 17.3 Å². The fourth-order valence-electron chi connectivity index (χ4n) is 2.49. The van der Waals surface area contributed by atoms with Crippen LogP contribution in [0.25, 0.3) is 0 Å². The lowest BCUT2D eigenvalue weighted by molar-refractivity contribution is -0.125. The largest absolute Gasteiger partial charge is 0.444 e. The predicted molar refractivity (Wildman–Crippen MR) is 96.0 cm³/mol. The molecule has 0 aliphatic rings. The first kappa shape index (κ1) is 19.2. The van der Waals surface area contributed by atoms with Crippen LogP contribution < -0.4 is 5.32 Å². The Kier molecular flexibility index (Phi) is 5.74. The summed E-state index contributed by atoms with van der Waals surface area (Å²) in [6, 6.07) is 15.4. The summed E-state index contributed by atoms with van der Waals surface area (Å²) in [6.07, 6.45) is -1.38. The van der Waals surface area contributed by atoms with Crippen molar-refractivity contribution in [3.63, 3.8) is 0 Å². The molecule has 3 aromatic carbocycles. The van der Waals surface area contributed by atoms with Gasteiger partial charge in [-0.1, -0.05) is 30.3 Å². The van der Waals surface area contributed by atoms with Gasteiger partial charge in [-0.15, -0.1) is 0 Å². The van der Waals surface area contributed by atoms with Crippen LogP contribution in [0.5, 0.6) is 0 Å². The van der Waals surface area contributed by atoms with Crippen molar-refractivity contribution >= 4 is 17.6 Å². The van der Waals surface area contributed by atoms with Crippen molar-refractivity contribution in [2.24, 2.45) is 0 Å². The Labute approximate surface area is 158 Å². The van der Waals surface area contributed by atoms with Crippen molar-refractivity contribution in [1.82, 2.24) is 0 Å². The number of halogens is 3. The fourth-order valence-corrected chi connectivity index (χ4v) is 2.49. The summed E-state index contributed by atoms with van der Waals surface area (Å²) in [5, 5.41) is 2.52. The number of ether oxygens (including phenoxy) is 1. The molecule has 0 aliphatic heterocycles. The van der Waals surface area contributed by atoms with Gasteiger partial charge < -0.3 is 10.1 Å². The third-order valence-corrected chi connectivity index (χ3v) is 3.78. The molecule has 4 nitrogen and oxygen atoms in total. The minimum atomic E-state index is -1.38. The average molecular weight is 385 g/mol. The van der Waals surface area contributed by atoms with Crippen LogP contribution in [-0.2, 0) is 9.53 Å². The van der Waals surface area contributed by atoms with Crippen molar-refractivity contribution in [2.75, 3.05) is 5.32 Å². The summed E-state index contributed by atoms with van der Waals surface area (Å²) < 4.78 is 45.0. The van der Waals surface area contributed by atoms with Gasteiger partial charge in [0, 0.05) is 17.3 Å². The number of amides is 1. The molecule has 0 fully saturated rings. The molecule has 0 aliphatic carbocycles. The number of esters is 1. The summed E-state index contributed by atoms with van der Waals surface area (Å²) in [4.78, 5) is 25.0. The number of hydrogen-bond acceptors (Lipinski definition) is 3. The molecule has 7 heteroatoms. The zero-order chi connectivity index (χ0) is 20.1. The zero-order valence-corrected chi connectivity index (χ0v) is 14.4. The van der Waals surface area contributed by atoms with Crippen molar-refractivity contribution in [3.05, 3.63) is 101 Å². The van der Waals surface area contributed by atoms with Crippen LogP contribution in [-0.4, -0.2) is 11.9 Å². The van der Waals surface area contributed by atoms with Crippen LogP contribution in [0.3, 0.4) is 0 Å². The molecule has 0 spiro atoms. The molecule has 0 radical (unpaired) electrons. The van der Waals surface area contributed by atoms with Gasteiger partial charge in [0.25, 0.3) is 5.91 Å². The van der Waals surface area contributed by atoms with Crippen LogP contribution in [0.1, 0.15) is 22.0 Å². The smallest absolute Gasteiger partial charge is 0.339 e. The first-order valence-electron chi connectivity index (χ1n) is 8.21. The zero-order valence-electron chi connectivity index (χ0n) is 14.4. The number of benzene rings is 3. The summed E-state index contributed by atoms with van der Waals surface area (Å²) in [5.41, 5.74) is 0.278. The van der Waals surface area contributed by atoms with Gasteiger partial charge in [0.1, 0.15) is 17.5 Å². The van der Waals surface area contributed by atoms with Crippen molar-refractivity contribution < 1.29 is 27.5 Å². The lowest BCUT2D eigenvalue weighted by atomic mass is 10.1. The van der Waals surface area contributed by atoms with E-state index in [4.69, 9.17) is 4.74 Å². The molecule has 3 rings (SSSR count). The van der Waals surface area contributed by atoms with E-state index in [2.05, 4.69) is 5.32 Å². The van der Waals surface area contributed by atoms with Crippen LogP contribution in [0.2, 0.25) is 0 Å². The fraction of sp³-hybridized carbons (Fsp3) is 0.0476. The number of nitrogens with one attached hydrogen (secondary N) is 1. The quantitative estimate of drug-likeness (QED) is 0.651. The number of carbonyl (C=O) groups is 2. The molecule has 0 aromatic heterocycles. The Morgan fingerprint density at radius 2 is 1.39 bits per heavy atom. The lowest BCUT2D eigenvalue weighted by Gasteiger charge is -2.18.